The van der Waals surface area contributed by atoms with E-state index in [9.17, 15) is 9.59 Å². The van der Waals surface area contributed by atoms with Gasteiger partial charge in [-0.15, -0.1) is 0 Å². The molecular weight excluding hydrogens is 304 g/mol. The third-order valence-corrected chi connectivity index (χ3v) is 3.38. The number of aryl methyl sites for hydroxylation is 1. The SMILES string of the molecule is CCOC(=O)c1ccc(NC(=O)CCNc2cccc(C)c2)cc1. The maximum absolute atomic E-state index is 11.9. The molecule has 0 saturated carbocycles. The number of anilines is 2. The highest BCUT2D eigenvalue weighted by Gasteiger charge is 2.07. The zero-order valence-electron chi connectivity index (χ0n) is 14.0. The van der Waals surface area contributed by atoms with Crippen molar-refractivity contribution in [3.05, 3.63) is 59.7 Å². The Hall–Kier alpha value is -2.82. The lowest BCUT2D eigenvalue weighted by molar-refractivity contribution is -0.115. The molecular formula is C19H22N2O3. The number of hydrogen-bond donors (Lipinski definition) is 2. The van der Waals surface area contributed by atoms with Gasteiger partial charge in [0.25, 0.3) is 0 Å². The normalized spacial score (nSPS) is 10.1. The van der Waals surface area contributed by atoms with E-state index in [-0.39, 0.29) is 11.9 Å². The second kappa shape index (κ2) is 8.72. The van der Waals surface area contributed by atoms with Gasteiger partial charge in [0.15, 0.2) is 0 Å². The van der Waals surface area contributed by atoms with Crippen molar-refractivity contribution >= 4 is 23.3 Å². The van der Waals surface area contributed by atoms with E-state index in [4.69, 9.17) is 4.74 Å². The lowest BCUT2D eigenvalue weighted by Gasteiger charge is -2.08. The summed E-state index contributed by atoms with van der Waals surface area (Å²) in [6, 6.07) is 14.7. The molecule has 2 N–H and O–H groups in total. The number of carbonyl (C=O) groups is 2. The van der Waals surface area contributed by atoms with Crippen molar-refractivity contribution in [1.82, 2.24) is 0 Å². The van der Waals surface area contributed by atoms with Gasteiger partial charge < -0.3 is 15.4 Å². The summed E-state index contributed by atoms with van der Waals surface area (Å²) in [5.74, 6) is -0.447. The molecule has 2 rings (SSSR count). The van der Waals surface area contributed by atoms with Crippen LogP contribution in [-0.4, -0.2) is 25.0 Å². The van der Waals surface area contributed by atoms with Crippen molar-refractivity contribution in [3.63, 3.8) is 0 Å². The third kappa shape index (κ3) is 5.43. The van der Waals surface area contributed by atoms with E-state index in [1.807, 2.05) is 31.2 Å². The number of nitrogens with one attached hydrogen (secondary N) is 2. The summed E-state index contributed by atoms with van der Waals surface area (Å²) in [6.07, 6.45) is 0.355. The fourth-order valence-corrected chi connectivity index (χ4v) is 2.20. The molecule has 0 aliphatic heterocycles. The molecule has 24 heavy (non-hydrogen) atoms. The highest BCUT2D eigenvalue weighted by molar-refractivity contribution is 5.93. The molecule has 0 saturated heterocycles. The van der Waals surface area contributed by atoms with Crippen LogP contribution in [0.5, 0.6) is 0 Å². The minimum absolute atomic E-state index is 0.0842. The first-order valence-corrected chi connectivity index (χ1v) is 7.96. The molecule has 2 aromatic rings. The van der Waals surface area contributed by atoms with Gasteiger partial charge >= 0.3 is 5.97 Å². The molecule has 5 nitrogen and oxygen atoms in total. The van der Waals surface area contributed by atoms with E-state index in [1.165, 1.54) is 5.56 Å². The van der Waals surface area contributed by atoms with Crippen molar-refractivity contribution in [1.29, 1.82) is 0 Å². The number of carbonyl (C=O) groups excluding carboxylic acids is 2. The number of benzene rings is 2. The third-order valence-electron chi connectivity index (χ3n) is 3.38. The first-order valence-electron chi connectivity index (χ1n) is 7.96. The molecule has 0 aliphatic rings. The molecule has 0 heterocycles. The maximum atomic E-state index is 11.9. The molecule has 0 fully saturated rings. The summed E-state index contributed by atoms with van der Waals surface area (Å²) in [4.78, 5) is 23.5. The van der Waals surface area contributed by atoms with Crippen LogP contribution in [0, 0.1) is 6.92 Å². The quantitative estimate of drug-likeness (QED) is 0.763. The number of ether oxygens (including phenoxy) is 1. The minimum atomic E-state index is -0.363. The Kier molecular flexibility index (Phi) is 6.37. The maximum Gasteiger partial charge on any atom is 0.338 e. The highest BCUT2D eigenvalue weighted by atomic mass is 16.5. The molecule has 2 aromatic carbocycles. The predicted octanol–water partition coefficient (Wildman–Crippen LogP) is 3.61. The number of rotatable bonds is 7. The van der Waals surface area contributed by atoms with Crippen molar-refractivity contribution in [2.24, 2.45) is 0 Å². The molecule has 0 bridgehead atoms. The van der Waals surface area contributed by atoms with Crippen molar-refractivity contribution in [3.8, 4) is 0 Å². The summed E-state index contributed by atoms with van der Waals surface area (Å²) >= 11 is 0. The Morgan fingerprint density at radius 2 is 1.79 bits per heavy atom. The average Bonchev–Trinajstić information content (AvgIpc) is 2.56. The Labute approximate surface area is 142 Å². The Bertz CT molecular complexity index is 696. The highest BCUT2D eigenvalue weighted by Crippen LogP contribution is 2.12. The van der Waals surface area contributed by atoms with Crippen LogP contribution in [-0.2, 0) is 9.53 Å². The van der Waals surface area contributed by atoms with Crippen LogP contribution in [0.15, 0.2) is 48.5 Å². The van der Waals surface area contributed by atoms with Crippen LogP contribution in [0.2, 0.25) is 0 Å². The smallest absolute Gasteiger partial charge is 0.338 e. The van der Waals surface area contributed by atoms with Gasteiger partial charge in [-0.05, 0) is 55.8 Å². The van der Waals surface area contributed by atoms with Crippen molar-refractivity contribution < 1.29 is 14.3 Å². The average molecular weight is 326 g/mol. The molecule has 0 aliphatic carbocycles. The van der Waals surface area contributed by atoms with Crippen LogP contribution in [0.4, 0.5) is 11.4 Å². The van der Waals surface area contributed by atoms with Gasteiger partial charge in [-0.3, -0.25) is 4.79 Å². The Balaban J connectivity index is 1.78. The topological polar surface area (TPSA) is 67.4 Å². The summed E-state index contributed by atoms with van der Waals surface area (Å²) in [6.45, 7) is 4.68. The van der Waals surface area contributed by atoms with Gasteiger partial charge in [0.1, 0.15) is 0 Å². The molecule has 0 spiro atoms. The number of hydrogen-bond acceptors (Lipinski definition) is 4. The summed E-state index contributed by atoms with van der Waals surface area (Å²) in [5, 5.41) is 6.02. The molecule has 0 radical (unpaired) electrons. The van der Waals surface area contributed by atoms with Crippen LogP contribution in [0.25, 0.3) is 0 Å². The Morgan fingerprint density at radius 3 is 2.46 bits per heavy atom. The van der Waals surface area contributed by atoms with Crippen LogP contribution in [0.3, 0.4) is 0 Å². The van der Waals surface area contributed by atoms with Gasteiger partial charge in [-0.1, -0.05) is 12.1 Å². The Morgan fingerprint density at radius 1 is 1.04 bits per heavy atom. The van der Waals surface area contributed by atoms with Gasteiger partial charge in [-0.25, -0.2) is 4.79 Å². The lowest BCUT2D eigenvalue weighted by Crippen LogP contribution is -2.16. The van der Waals surface area contributed by atoms with Gasteiger partial charge in [0.2, 0.25) is 5.91 Å². The molecule has 1 amide bonds. The van der Waals surface area contributed by atoms with E-state index in [0.29, 0.717) is 30.8 Å². The monoisotopic (exact) mass is 326 g/mol. The lowest BCUT2D eigenvalue weighted by atomic mass is 10.2. The first kappa shape index (κ1) is 17.5. The largest absolute Gasteiger partial charge is 0.462 e. The zero-order valence-corrected chi connectivity index (χ0v) is 14.0. The van der Waals surface area contributed by atoms with E-state index in [2.05, 4.69) is 10.6 Å². The fraction of sp³-hybridized carbons (Fsp3) is 0.263. The van der Waals surface area contributed by atoms with E-state index in [1.54, 1.807) is 31.2 Å². The standard InChI is InChI=1S/C19H22N2O3/c1-3-24-19(23)15-7-9-16(10-8-15)21-18(22)11-12-20-17-6-4-5-14(2)13-17/h4-10,13,20H,3,11-12H2,1-2H3,(H,21,22). The van der Waals surface area contributed by atoms with Crippen LogP contribution < -0.4 is 10.6 Å². The predicted molar refractivity (Wildman–Crippen MR) is 95.3 cm³/mol. The molecule has 0 unspecified atom stereocenters. The van der Waals surface area contributed by atoms with Crippen molar-refractivity contribution in [2.45, 2.75) is 20.3 Å². The summed E-state index contributed by atoms with van der Waals surface area (Å²) in [5.41, 5.74) is 3.30. The summed E-state index contributed by atoms with van der Waals surface area (Å²) < 4.78 is 4.92. The van der Waals surface area contributed by atoms with E-state index < -0.39 is 0 Å². The van der Waals surface area contributed by atoms with Gasteiger partial charge in [-0.2, -0.15) is 0 Å². The van der Waals surface area contributed by atoms with Crippen LogP contribution in [0.1, 0.15) is 29.3 Å². The van der Waals surface area contributed by atoms with Gasteiger partial charge in [0.05, 0.1) is 12.2 Å². The molecule has 5 heteroatoms. The van der Waals surface area contributed by atoms with Gasteiger partial charge in [0, 0.05) is 24.3 Å². The van der Waals surface area contributed by atoms with E-state index in [0.717, 1.165) is 5.69 Å². The molecule has 0 atom stereocenters. The number of esters is 1. The van der Waals surface area contributed by atoms with E-state index >= 15 is 0 Å². The van der Waals surface area contributed by atoms with Crippen molar-refractivity contribution in [2.75, 3.05) is 23.8 Å². The number of amides is 1. The fourth-order valence-electron chi connectivity index (χ4n) is 2.20. The first-order chi connectivity index (χ1) is 11.6. The molecule has 126 valence electrons. The molecule has 0 aromatic heterocycles. The zero-order chi connectivity index (χ0) is 17.4. The minimum Gasteiger partial charge on any atom is -0.462 e. The van der Waals surface area contributed by atoms with Crippen LogP contribution >= 0.6 is 0 Å². The second-order valence-electron chi connectivity index (χ2n) is 5.39. The summed E-state index contributed by atoms with van der Waals surface area (Å²) in [7, 11) is 0. The second-order valence-corrected chi connectivity index (χ2v) is 5.39.